The predicted octanol–water partition coefficient (Wildman–Crippen LogP) is 3.21. The van der Waals surface area contributed by atoms with Gasteiger partial charge in [0.15, 0.2) is 9.84 Å². The van der Waals surface area contributed by atoms with Crippen molar-refractivity contribution in [1.29, 1.82) is 0 Å². The van der Waals surface area contributed by atoms with Gasteiger partial charge in [0, 0.05) is 22.6 Å². The van der Waals surface area contributed by atoms with Crippen molar-refractivity contribution in [2.45, 2.75) is 42.4 Å². The first-order valence-electron chi connectivity index (χ1n) is 10.7. The van der Waals surface area contributed by atoms with Crippen molar-refractivity contribution >= 4 is 30.9 Å². The van der Waals surface area contributed by atoms with Crippen LogP contribution < -0.4 is 0 Å². The van der Waals surface area contributed by atoms with Crippen LogP contribution in [-0.4, -0.2) is 56.7 Å². The number of aromatic nitrogens is 1. The number of likely N-dealkylation sites (tertiary alicyclic amines) is 1. The minimum atomic E-state index is -4.19. The van der Waals surface area contributed by atoms with Gasteiger partial charge in [0.05, 0.1) is 10.6 Å². The van der Waals surface area contributed by atoms with Gasteiger partial charge in [0.25, 0.3) is 10.1 Å². The molecule has 0 saturated carbocycles. The second-order valence-corrected chi connectivity index (χ2v) is 12.1. The normalized spacial score (nSPS) is 17.9. The SMILES string of the molecule is CN1CCC[C@@H]1Cc1c(CS(=O)(=O)O)[nH]c2ccc(CCS(=O)(=O)c3ccccc3)cc12. The molecule has 1 saturated heterocycles. The van der Waals surface area contributed by atoms with Crippen LogP contribution in [0.25, 0.3) is 10.9 Å². The largest absolute Gasteiger partial charge is 0.357 e. The minimum Gasteiger partial charge on any atom is -0.357 e. The zero-order valence-electron chi connectivity index (χ0n) is 18.0. The fourth-order valence-corrected chi connectivity index (χ4v) is 6.44. The molecule has 0 spiro atoms. The number of likely N-dealkylation sites (N-methyl/N-ethyl adjacent to an activating group) is 1. The van der Waals surface area contributed by atoms with E-state index < -0.39 is 25.7 Å². The van der Waals surface area contributed by atoms with E-state index in [4.69, 9.17) is 0 Å². The number of H-pyrrole nitrogens is 1. The predicted molar refractivity (Wildman–Crippen MR) is 125 cm³/mol. The summed E-state index contributed by atoms with van der Waals surface area (Å²) in [5.41, 5.74) is 3.03. The van der Waals surface area contributed by atoms with E-state index in [1.54, 1.807) is 30.3 Å². The third-order valence-electron chi connectivity index (χ3n) is 6.26. The molecule has 0 amide bonds. The Kier molecular flexibility index (Phi) is 6.44. The van der Waals surface area contributed by atoms with E-state index in [2.05, 4.69) is 16.9 Å². The van der Waals surface area contributed by atoms with Crippen molar-refractivity contribution < 1.29 is 21.4 Å². The molecule has 0 aliphatic carbocycles. The Morgan fingerprint density at radius 3 is 2.50 bits per heavy atom. The van der Waals surface area contributed by atoms with Gasteiger partial charge in [-0.1, -0.05) is 24.3 Å². The third-order valence-corrected chi connectivity index (χ3v) is 8.64. The highest BCUT2D eigenvalue weighted by Gasteiger charge is 2.25. The van der Waals surface area contributed by atoms with Crippen molar-refractivity contribution in [3.05, 3.63) is 65.4 Å². The topological polar surface area (TPSA) is 108 Å². The fourth-order valence-electron chi connectivity index (χ4n) is 4.52. The number of rotatable bonds is 8. The Morgan fingerprint density at radius 1 is 1.09 bits per heavy atom. The number of hydrogen-bond donors (Lipinski definition) is 2. The standard InChI is InChI=1S/C23H28N2O5S2/c1-25-12-5-6-18(25)15-21-20-14-17(9-10-22(20)24-23(21)16-32(28,29)30)11-13-31(26,27)19-7-3-2-4-8-19/h2-4,7-10,14,18,24H,5-6,11-13,15-16H2,1H3,(H,28,29,30)/t18-/m1/s1. The van der Waals surface area contributed by atoms with Gasteiger partial charge in [-0.25, -0.2) is 8.42 Å². The van der Waals surface area contributed by atoms with Crippen molar-refractivity contribution in [2.75, 3.05) is 19.3 Å². The van der Waals surface area contributed by atoms with Crippen molar-refractivity contribution in [1.82, 2.24) is 9.88 Å². The minimum absolute atomic E-state index is 0.00842. The number of fused-ring (bicyclic) bond motifs is 1. The summed E-state index contributed by atoms with van der Waals surface area (Å²) in [6.07, 6.45) is 3.16. The summed E-state index contributed by atoms with van der Waals surface area (Å²) in [4.78, 5) is 5.74. The van der Waals surface area contributed by atoms with Crippen LogP contribution in [0.4, 0.5) is 0 Å². The van der Waals surface area contributed by atoms with E-state index in [-0.39, 0.29) is 5.75 Å². The van der Waals surface area contributed by atoms with Crippen LogP contribution in [0.1, 0.15) is 29.7 Å². The van der Waals surface area contributed by atoms with Gasteiger partial charge in [-0.05, 0) is 74.7 Å². The van der Waals surface area contributed by atoms with Crippen LogP contribution in [0.15, 0.2) is 53.4 Å². The lowest BCUT2D eigenvalue weighted by molar-refractivity contribution is 0.309. The molecule has 1 aliphatic heterocycles. The van der Waals surface area contributed by atoms with Gasteiger partial charge < -0.3 is 9.88 Å². The second-order valence-electron chi connectivity index (χ2n) is 8.55. The molecule has 9 heteroatoms. The average Bonchev–Trinajstić information content (AvgIpc) is 3.29. The Bertz CT molecular complexity index is 1320. The van der Waals surface area contributed by atoms with Crippen molar-refractivity contribution in [2.24, 2.45) is 0 Å². The summed E-state index contributed by atoms with van der Waals surface area (Å²) in [5.74, 6) is -0.476. The van der Waals surface area contributed by atoms with Crippen LogP contribution in [0.2, 0.25) is 0 Å². The van der Waals surface area contributed by atoms with Crippen molar-refractivity contribution in [3.8, 4) is 0 Å². The molecule has 3 aromatic rings. The Hall–Kier alpha value is -2.20. The third kappa shape index (κ3) is 5.23. The second kappa shape index (κ2) is 8.97. The van der Waals surface area contributed by atoms with Crippen LogP contribution in [0, 0.1) is 0 Å². The van der Waals surface area contributed by atoms with Gasteiger partial charge in [-0.15, -0.1) is 0 Å². The average molecular weight is 477 g/mol. The maximum absolute atomic E-state index is 12.7. The van der Waals surface area contributed by atoms with Crippen LogP contribution in [0.5, 0.6) is 0 Å². The van der Waals surface area contributed by atoms with E-state index in [1.807, 2.05) is 18.2 Å². The lowest BCUT2D eigenvalue weighted by atomic mass is 9.99. The lowest BCUT2D eigenvalue weighted by Gasteiger charge is -2.19. The molecule has 1 aromatic heterocycles. The first-order chi connectivity index (χ1) is 15.1. The molecule has 172 valence electrons. The number of sulfone groups is 1. The number of nitrogens with zero attached hydrogens (tertiary/aromatic N) is 1. The molecule has 1 atom stereocenters. The molecule has 0 bridgehead atoms. The van der Waals surface area contributed by atoms with E-state index in [9.17, 15) is 21.4 Å². The molecule has 4 rings (SSSR count). The van der Waals surface area contributed by atoms with Gasteiger partial charge in [-0.2, -0.15) is 8.42 Å². The molecule has 0 radical (unpaired) electrons. The number of aryl methyl sites for hydroxylation is 1. The summed E-state index contributed by atoms with van der Waals surface area (Å²) < 4.78 is 58.0. The van der Waals surface area contributed by atoms with Crippen LogP contribution in [0.3, 0.4) is 0 Å². The van der Waals surface area contributed by atoms with Crippen LogP contribution >= 0.6 is 0 Å². The quantitative estimate of drug-likeness (QED) is 0.484. The highest BCUT2D eigenvalue weighted by molar-refractivity contribution is 7.91. The zero-order chi connectivity index (χ0) is 22.9. The summed E-state index contributed by atoms with van der Waals surface area (Å²) in [5, 5.41) is 0.888. The Balaban J connectivity index is 1.65. The summed E-state index contributed by atoms with van der Waals surface area (Å²) in [7, 11) is -5.52. The van der Waals surface area contributed by atoms with E-state index >= 15 is 0 Å². The van der Waals surface area contributed by atoms with E-state index in [0.717, 1.165) is 41.4 Å². The van der Waals surface area contributed by atoms with Crippen molar-refractivity contribution in [3.63, 3.8) is 0 Å². The van der Waals surface area contributed by atoms with Gasteiger partial charge in [0.1, 0.15) is 5.75 Å². The summed E-state index contributed by atoms with van der Waals surface area (Å²) >= 11 is 0. The smallest absolute Gasteiger partial charge is 0.270 e. The van der Waals surface area contributed by atoms with Crippen LogP contribution in [-0.2, 0) is 38.5 Å². The molecule has 2 heterocycles. The zero-order valence-corrected chi connectivity index (χ0v) is 19.6. The number of aromatic amines is 1. The maximum atomic E-state index is 12.7. The summed E-state index contributed by atoms with van der Waals surface area (Å²) in [6.45, 7) is 1.00. The molecule has 2 aromatic carbocycles. The monoisotopic (exact) mass is 476 g/mol. The van der Waals surface area contributed by atoms with Gasteiger partial charge in [-0.3, -0.25) is 4.55 Å². The highest BCUT2D eigenvalue weighted by atomic mass is 32.2. The maximum Gasteiger partial charge on any atom is 0.270 e. The first-order valence-corrected chi connectivity index (χ1v) is 13.9. The number of benzene rings is 2. The molecule has 0 unspecified atom stereocenters. The highest BCUT2D eigenvalue weighted by Crippen LogP contribution is 2.30. The molecule has 1 fully saturated rings. The van der Waals surface area contributed by atoms with E-state index in [1.165, 1.54) is 0 Å². The number of nitrogens with one attached hydrogen (secondary N) is 1. The Labute approximate surface area is 189 Å². The molecular formula is C23H28N2O5S2. The fraction of sp³-hybridized carbons (Fsp3) is 0.391. The lowest BCUT2D eigenvalue weighted by Crippen LogP contribution is -2.27. The van der Waals surface area contributed by atoms with E-state index in [0.29, 0.717) is 29.5 Å². The molecule has 32 heavy (non-hydrogen) atoms. The van der Waals surface area contributed by atoms with Gasteiger partial charge in [0.2, 0.25) is 0 Å². The van der Waals surface area contributed by atoms with Gasteiger partial charge >= 0.3 is 0 Å². The molecule has 7 nitrogen and oxygen atoms in total. The number of hydrogen-bond acceptors (Lipinski definition) is 5. The summed E-state index contributed by atoms with van der Waals surface area (Å²) in [6, 6.07) is 14.4. The first kappa shape index (κ1) is 23.0. The molecular weight excluding hydrogens is 448 g/mol. The Morgan fingerprint density at radius 2 is 1.84 bits per heavy atom. The molecule has 2 N–H and O–H groups in total. The molecule has 1 aliphatic rings.